The average molecular weight is 393 g/mol. The number of hydrogen-bond donors (Lipinski definition) is 1. The van der Waals surface area contributed by atoms with Gasteiger partial charge in [0, 0.05) is 18.4 Å². The van der Waals surface area contributed by atoms with Gasteiger partial charge in [-0.15, -0.1) is 0 Å². The summed E-state index contributed by atoms with van der Waals surface area (Å²) in [6.45, 7) is 3.52. The van der Waals surface area contributed by atoms with E-state index in [0.29, 0.717) is 23.1 Å². The highest BCUT2D eigenvalue weighted by Crippen LogP contribution is 2.34. The van der Waals surface area contributed by atoms with Crippen molar-refractivity contribution in [2.45, 2.75) is 51.7 Å². The van der Waals surface area contributed by atoms with Gasteiger partial charge in [-0.1, -0.05) is 50.1 Å². The number of unbranched alkanes of at least 4 members (excludes halogenated alkanes) is 2. The lowest BCUT2D eigenvalue weighted by Crippen LogP contribution is -2.28. The number of carbonyl (C=O) groups is 1. The van der Waals surface area contributed by atoms with Crippen molar-refractivity contribution >= 4 is 16.9 Å². The Morgan fingerprint density at radius 1 is 1.03 bits per heavy atom. The van der Waals surface area contributed by atoms with Crippen LogP contribution in [-0.4, -0.2) is 11.1 Å². The first-order valence-corrected chi connectivity index (χ1v) is 10.1. The predicted molar refractivity (Wildman–Crippen MR) is 112 cm³/mol. The van der Waals surface area contributed by atoms with Gasteiger partial charge in [-0.2, -0.15) is 4.73 Å². The van der Waals surface area contributed by atoms with Gasteiger partial charge in [0.2, 0.25) is 5.52 Å². The van der Waals surface area contributed by atoms with Crippen LogP contribution < -0.4 is 4.73 Å². The molecule has 3 rings (SSSR count). The van der Waals surface area contributed by atoms with Crippen molar-refractivity contribution in [2.24, 2.45) is 0 Å². The van der Waals surface area contributed by atoms with Gasteiger partial charge in [-0.25, -0.2) is 0 Å². The number of esters is 1. The van der Waals surface area contributed by atoms with E-state index >= 15 is 0 Å². The topological polar surface area (TPSA) is 73.5 Å². The van der Waals surface area contributed by atoms with E-state index in [1.165, 1.54) is 13.1 Å². The van der Waals surface area contributed by atoms with Crippen molar-refractivity contribution in [3.05, 3.63) is 82.7 Å². The van der Waals surface area contributed by atoms with E-state index in [9.17, 15) is 15.1 Å². The lowest BCUT2D eigenvalue weighted by atomic mass is 9.91. The summed E-state index contributed by atoms with van der Waals surface area (Å²) >= 11 is 0. The summed E-state index contributed by atoms with van der Waals surface area (Å²) in [5.74, 6) is -0.349. The Bertz CT molecular complexity index is 980. The van der Waals surface area contributed by atoms with E-state index in [4.69, 9.17) is 4.74 Å². The number of aromatic nitrogens is 1. The van der Waals surface area contributed by atoms with E-state index in [-0.39, 0.29) is 5.97 Å². The molecule has 0 fully saturated rings. The maximum Gasteiger partial charge on any atom is 0.303 e. The summed E-state index contributed by atoms with van der Waals surface area (Å²) in [5, 5.41) is 24.4. The number of carbonyl (C=O) groups excluding carboxylic acids is 1. The van der Waals surface area contributed by atoms with Gasteiger partial charge in [0.1, 0.15) is 12.2 Å². The fraction of sp³-hybridized carbons (Fsp3) is 0.333. The van der Waals surface area contributed by atoms with Crippen molar-refractivity contribution in [3.63, 3.8) is 0 Å². The predicted octanol–water partition coefficient (Wildman–Crippen LogP) is 4.74. The van der Waals surface area contributed by atoms with Crippen molar-refractivity contribution < 1.29 is 19.4 Å². The summed E-state index contributed by atoms with van der Waals surface area (Å²) in [5.41, 5.74) is 2.39. The molecule has 1 aromatic heterocycles. The van der Waals surface area contributed by atoms with Crippen molar-refractivity contribution in [1.82, 2.24) is 0 Å². The molecule has 0 bridgehead atoms. The molecule has 0 amide bonds. The van der Waals surface area contributed by atoms with Crippen LogP contribution in [0, 0.1) is 5.21 Å². The zero-order chi connectivity index (χ0) is 20.8. The molecule has 0 aliphatic rings. The van der Waals surface area contributed by atoms with Crippen LogP contribution in [0.15, 0.2) is 60.8 Å². The number of hydrogen-bond acceptors (Lipinski definition) is 4. The zero-order valence-electron chi connectivity index (χ0n) is 16.9. The number of nitrogens with zero attached hydrogens (tertiary/aromatic N) is 1. The highest BCUT2D eigenvalue weighted by atomic mass is 16.5. The Morgan fingerprint density at radius 3 is 2.45 bits per heavy atom. The summed E-state index contributed by atoms with van der Waals surface area (Å²) < 4.78 is 6.38. The fourth-order valence-electron chi connectivity index (χ4n) is 3.77. The molecular formula is C24H27NO4. The number of aliphatic hydroxyl groups is 1. The van der Waals surface area contributed by atoms with Crippen LogP contribution in [0.5, 0.6) is 0 Å². The summed E-state index contributed by atoms with van der Waals surface area (Å²) in [6, 6.07) is 16.4. The van der Waals surface area contributed by atoms with Gasteiger partial charge in [0.05, 0.1) is 5.56 Å². The fourth-order valence-corrected chi connectivity index (χ4v) is 3.77. The number of fused-ring (bicyclic) bond motifs is 1. The molecule has 1 N–H and O–H groups in total. The molecule has 0 aliphatic heterocycles. The van der Waals surface area contributed by atoms with Crippen LogP contribution in [0.1, 0.15) is 68.4 Å². The summed E-state index contributed by atoms with van der Waals surface area (Å²) in [7, 11) is 0. The minimum atomic E-state index is -1.01. The number of ether oxygens (including phenoxy) is 1. The minimum Gasteiger partial charge on any atom is -0.618 e. The molecule has 5 heteroatoms. The SMILES string of the molecule is CCCCCC(OC(C)=O)c1ccccc1C(O)c1cccc2ccc[n+]([O-])c12. The number of benzene rings is 2. The van der Waals surface area contributed by atoms with Crippen LogP contribution in [0.25, 0.3) is 10.9 Å². The van der Waals surface area contributed by atoms with Gasteiger partial charge in [0.15, 0.2) is 6.20 Å². The molecular weight excluding hydrogens is 366 g/mol. The average Bonchev–Trinajstić information content (AvgIpc) is 2.72. The third kappa shape index (κ3) is 4.74. The van der Waals surface area contributed by atoms with Crippen LogP contribution in [0.2, 0.25) is 0 Å². The van der Waals surface area contributed by atoms with Gasteiger partial charge < -0.3 is 15.1 Å². The molecule has 2 aromatic carbocycles. The Morgan fingerprint density at radius 2 is 1.72 bits per heavy atom. The highest BCUT2D eigenvalue weighted by Gasteiger charge is 2.25. The van der Waals surface area contributed by atoms with E-state index in [1.54, 1.807) is 12.1 Å². The molecule has 29 heavy (non-hydrogen) atoms. The molecule has 0 radical (unpaired) electrons. The molecule has 3 aromatic rings. The molecule has 2 unspecified atom stereocenters. The van der Waals surface area contributed by atoms with Crippen molar-refractivity contribution in [2.75, 3.05) is 0 Å². The first kappa shape index (κ1) is 20.8. The molecule has 5 nitrogen and oxygen atoms in total. The van der Waals surface area contributed by atoms with Crippen LogP contribution in [0.3, 0.4) is 0 Å². The number of para-hydroxylation sites is 1. The van der Waals surface area contributed by atoms with Crippen LogP contribution in [0.4, 0.5) is 0 Å². The molecule has 0 spiro atoms. The minimum absolute atomic E-state index is 0.349. The lowest BCUT2D eigenvalue weighted by Gasteiger charge is -2.23. The number of pyridine rings is 1. The molecule has 1 heterocycles. The lowest BCUT2D eigenvalue weighted by molar-refractivity contribution is -0.577. The van der Waals surface area contributed by atoms with Crippen LogP contribution in [-0.2, 0) is 9.53 Å². The summed E-state index contributed by atoms with van der Waals surface area (Å²) in [6.07, 6.45) is 3.71. The molecule has 2 atom stereocenters. The van der Waals surface area contributed by atoms with E-state index in [2.05, 4.69) is 6.92 Å². The monoisotopic (exact) mass is 393 g/mol. The summed E-state index contributed by atoms with van der Waals surface area (Å²) in [4.78, 5) is 11.7. The van der Waals surface area contributed by atoms with Crippen LogP contribution >= 0.6 is 0 Å². The molecule has 0 aliphatic carbocycles. The molecule has 0 saturated carbocycles. The maximum absolute atomic E-state index is 12.4. The van der Waals surface area contributed by atoms with E-state index in [0.717, 1.165) is 34.9 Å². The Hall–Kier alpha value is -2.92. The third-order valence-corrected chi connectivity index (χ3v) is 5.13. The molecule has 152 valence electrons. The zero-order valence-corrected chi connectivity index (χ0v) is 16.9. The van der Waals surface area contributed by atoms with E-state index < -0.39 is 12.2 Å². The third-order valence-electron chi connectivity index (χ3n) is 5.13. The van der Waals surface area contributed by atoms with Gasteiger partial charge in [-0.05, 0) is 42.2 Å². The maximum atomic E-state index is 12.4. The second kappa shape index (κ2) is 9.52. The number of aliphatic hydroxyl groups excluding tert-OH is 1. The molecule has 0 saturated heterocycles. The quantitative estimate of drug-likeness (QED) is 0.260. The van der Waals surface area contributed by atoms with Gasteiger partial charge in [0.25, 0.3) is 0 Å². The number of rotatable bonds is 8. The first-order valence-electron chi connectivity index (χ1n) is 10.1. The first-order chi connectivity index (χ1) is 14.0. The van der Waals surface area contributed by atoms with Gasteiger partial charge in [-0.3, -0.25) is 4.79 Å². The Labute approximate surface area is 171 Å². The van der Waals surface area contributed by atoms with Crippen molar-refractivity contribution in [1.29, 1.82) is 0 Å². The second-order valence-corrected chi connectivity index (χ2v) is 7.24. The Balaban J connectivity index is 2.05. The standard InChI is InChI=1S/C24H27NO4/c1-3-4-5-15-22(29-17(2)26)19-12-6-7-13-20(19)24(27)21-14-8-10-18-11-9-16-25(28)23(18)21/h6-14,16,22,24,27H,3-5,15H2,1-2H3. The van der Waals surface area contributed by atoms with E-state index in [1.807, 2.05) is 42.5 Å². The second-order valence-electron chi connectivity index (χ2n) is 7.24. The van der Waals surface area contributed by atoms with Crippen molar-refractivity contribution in [3.8, 4) is 0 Å². The normalized spacial score (nSPS) is 13.2. The van der Waals surface area contributed by atoms with Gasteiger partial charge >= 0.3 is 5.97 Å². The smallest absolute Gasteiger partial charge is 0.303 e. The highest BCUT2D eigenvalue weighted by molar-refractivity contribution is 5.79. The largest absolute Gasteiger partial charge is 0.618 e. The Kier molecular flexibility index (Phi) is 6.83.